The molecule has 0 aliphatic carbocycles. The molecular weight excluding hydrogens is 194 g/mol. The van der Waals surface area contributed by atoms with Gasteiger partial charge in [-0.15, -0.1) is 0 Å². The average molecular weight is 212 g/mol. The summed E-state index contributed by atoms with van der Waals surface area (Å²) >= 11 is 0. The molecule has 0 heterocycles. The second-order valence-electron chi connectivity index (χ2n) is 4.07. The molecule has 1 nitrogen and oxygen atoms in total. The molecule has 0 aliphatic rings. The van der Waals surface area contributed by atoms with E-state index < -0.39 is 0 Å². The van der Waals surface area contributed by atoms with E-state index in [1.54, 1.807) is 0 Å². The molecule has 0 N–H and O–H groups in total. The third-order valence-corrected chi connectivity index (χ3v) is 2.75. The van der Waals surface area contributed by atoms with Crippen LogP contribution in [0.25, 0.3) is 0 Å². The van der Waals surface area contributed by atoms with Crippen molar-refractivity contribution in [3.63, 3.8) is 0 Å². The molecule has 0 spiro atoms. The van der Waals surface area contributed by atoms with Crippen LogP contribution in [0, 0.1) is 13.8 Å². The lowest BCUT2D eigenvalue weighted by Crippen LogP contribution is -2.10. The van der Waals surface area contributed by atoms with Crippen molar-refractivity contribution in [1.29, 1.82) is 0 Å². The first-order valence-electron chi connectivity index (χ1n) is 5.97. The molecule has 0 unspecified atom stereocenters. The summed E-state index contributed by atoms with van der Waals surface area (Å²) in [5.41, 5.74) is 4.23. The number of nitrogens with zero attached hydrogens (tertiary/aromatic N) is 1. The molecule has 0 radical (unpaired) electrons. The highest BCUT2D eigenvalue weighted by atomic mass is 15.1. The molecule has 0 saturated heterocycles. The third-order valence-electron chi connectivity index (χ3n) is 2.75. The predicted molar refractivity (Wildman–Crippen MR) is 70.4 cm³/mol. The minimum atomic E-state index is 0.608. The Morgan fingerprint density at radius 1 is 1.00 bits per heavy atom. The van der Waals surface area contributed by atoms with E-state index >= 15 is 0 Å². The van der Waals surface area contributed by atoms with Crippen LogP contribution < -0.4 is 4.90 Å². The van der Waals surface area contributed by atoms with Crippen molar-refractivity contribution >= 4 is 11.4 Å². The number of benzene rings is 2. The quantitative estimate of drug-likeness (QED) is 0.725. The summed E-state index contributed by atoms with van der Waals surface area (Å²) in [5, 5.41) is 0. The van der Waals surface area contributed by atoms with Gasteiger partial charge in [0.2, 0.25) is 0 Å². The van der Waals surface area contributed by atoms with Crippen LogP contribution in [0.2, 0.25) is 0 Å². The topological polar surface area (TPSA) is 3.24 Å². The Labute approximate surface area is 98.7 Å². The molecular formula is C15H17N. The van der Waals surface area contributed by atoms with Crippen molar-refractivity contribution in [2.45, 2.75) is 13.8 Å². The Balaban J connectivity index is 2.51. The number of anilines is 2. The van der Waals surface area contributed by atoms with E-state index in [1.807, 2.05) is 45.2 Å². The number of hydrogen-bond donors (Lipinski definition) is 0. The van der Waals surface area contributed by atoms with Gasteiger partial charge in [0.1, 0.15) is 0 Å². The van der Waals surface area contributed by atoms with Crippen molar-refractivity contribution < 1.29 is 1.37 Å². The molecule has 0 aliphatic heterocycles. The molecule has 0 aromatic heterocycles. The molecule has 0 fully saturated rings. The highest BCUT2D eigenvalue weighted by Crippen LogP contribution is 2.27. The number of hydrogen-bond acceptors (Lipinski definition) is 1. The van der Waals surface area contributed by atoms with Crippen LogP contribution in [0.15, 0.2) is 48.5 Å². The summed E-state index contributed by atoms with van der Waals surface area (Å²) in [5.74, 6) is 0. The SMILES string of the molecule is [2H]c1c(C)ccc(C)c1N(C)c1ccccc1. The molecule has 82 valence electrons. The third kappa shape index (κ3) is 2.08. The van der Waals surface area contributed by atoms with Crippen molar-refractivity contribution in [2.24, 2.45) is 0 Å². The molecule has 0 saturated carbocycles. The Morgan fingerprint density at radius 3 is 2.38 bits per heavy atom. The van der Waals surface area contributed by atoms with Gasteiger partial charge >= 0.3 is 0 Å². The first-order chi connectivity index (χ1) is 8.11. The Kier molecular flexibility index (Phi) is 2.60. The van der Waals surface area contributed by atoms with Crippen LogP contribution in [0.3, 0.4) is 0 Å². The van der Waals surface area contributed by atoms with E-state index in [1.165, 1.54) is 0 Å². The van der Waals surface area contributed by atoms with Crippen molar-refractivity contribution in [3.8, 4) is 0 Å². The number of para-hydroxylation sites is 1. The van der Waals surface area contributed by atoms with Gasteiger partial charge < -0.3 is 4.90 Å². The van der Waals surface area contributed by atoms with Crippen LogP contribution in [-0.2, 0) is 0 Å². The predicted octanol–water partition coefficient (Wildman–Crippen LogP) is 4.07. The van der Waals surface area contributed by atoms with Gasteiger partial charge in [0, 0.05) is 18.4 Å². The summed E-state index contributed by atoms with van der Waals surface area (Å²) in [6.07, 6.45) is 0. The first kappa shape index (κ1) is 9.46. The minimum absolute atomic E-state index is 0.608. The molecule has 2 rings (SSSR count). The maximum atomic E-state index is 8.17. The zero-order chi connectivity index (χ0) is 12.4. The van der Waals surface area contributed by atoms with Crippen LogP contribution >= 0.6 is 0 Å². The van der Waals surface area contributed by atoms with Gasteiger partial charge in [0.25, 0.3) is 0 Å². The Hall–Kier alpha value is -1.76. The lowest BCUT2D eigenvalue weighted by molar-refractivity contribution is 1.18. The van der Waals surface area contributed by atoms with Crippen molar-refractivity contribution in [1.82, 2.24) is 0 Å². The zero-order valence-corrected chi connectivity index (χ0v) is 9.99. The van der Waals surface area contributed by atoms with Crippen LogP contribution in [0.4, 0.5) is 11.4 Å². The monoisotopic (exact) mass is 212 g/mol. The standard InChI is InChI=1S/C15H17N/c1-12-9-10-13(2)15(11-12)16(3)14-7-5-4-6-8-14/h4-11H,1-3H3/i11D. The summed E-state index contributed by atoms with van der Waals surface area (Å²) < 4.78 is 8.17. The van der Waals surface area contributed by atoms with Gasteiger partial charge in [0.15, 0.2) is 0 Å². The molecule has 16 heavy (non-hydrogen) atoms. The zero-order valence-electron chi connectivity index (χ0n) is 11.0. The Morgan fingerprint density at radius 2 is 1.69 bits per heavy atom. The number of aryl methyl sites for hydroxylation is 2. The number of rotatable bonds is 2. The summed E-state index contributed by atoms with van der Waals surface area (Å²) in [4.78, 5) is 2.07. The highest BCUT2D eigenvalue weighted by Gasteiger charge is 2.06. The van der Waals surface area contributed by atoms with E-state index in [9.17, 15) is 0 Å². The molecule has 2 aromatic rings. The summed E-state index contributed by atoms with van der Waals surface area (Å²) in [7, 11) is 2.01. The second kappa shape index (κ2) is 4.40. The molecule has 0 atom stereocenters. The largest absolute Gasteiger partial charge is 0.344 e. The average Bonchev–Trinajstić information content (AvgIpc) is 2.35. The van der Waals surface area contributed by atoms with Gasteiger partial charge in [-0.2, -0.15) is 0 Å². The van der Waals surface area contributed by atoms with E-state index in [0.29, 0.717) is 6.04 Å². The van der Waals surface area contributed by atoms with Crippen molar-refractivity contribution in [3.05, 3.63) is 59.6 Å². The van der Waals surface area contributed by atoms with E-state index in [2.05, 4.69) is 23.1 Å². The lowest BCUT2D eigenvalue weighted by atomic mass is 10.1. The van der Waals surface area contributed by atoms with Gasteiger partial charge in [0.05, 0.1) is 1.37 Å². The second-order valence-corrected chi connectivity index (χ2v) is 4.07. The van der Waals surface area contributed by atoms with Crippen molar-refractivity contribution in [2.75, 3.05) is 11.9 Å². The Bertz CT molecular complexity index is 520. The van der Waals surface area contributed by atoms with Crippen LogP contribution in [0.5, 0.6) is 0 Å². The molecule has 0 bridgehead atoms. The van der Waals surface area contributed by atoms with Gasteiger partial charge in [-0.1, -0.05) is 30.3 Å². The maximum Gasteiger partial charge on any atom is 0.0648 e. The van der Waals surface area contributed by atoms with E-state index in [-0.39, 0.29) is 0 Å². The summed E-state index contributed by atoms with van der Waals surface area (Å²) in [6, 6.07) is 14.8. The van der Waals surface area contributed by atoms with Gasteiger partial charge in [-0.3, -0.25) is 0 Å². The maximum absolute atomic E-state index is 8.17. The normalized spacial score (nSPS) is 11.1. The molecule has 0 amide bonds. The smallest absolute Gasteiger partial charge is 0.0648 e. The molecule has 2 aromatic carbocycles. The molecule has 1 heteroatoms. The van der Waals surface area contributed by atoms with Gasteiger partial charge in [-0.05, 0) is 43.1 Å². The summed E-state index contributed by atoms with van der Waals surface area (Å²) in [6.45, 7) is 4.02. The van der Waals surface area contributed by atoms with Gasteiger partial charge in [-0.25, -0.2) is 0 Å². The minimum Gasteiger partial charge on any atom is -0.344 e. The fraction of sp³-hybridized carbons (Fsp3) is 0.200. The van der Waals surface area contributed by atoms with E-state index in [4.69, 9.17) is 1.37 Å². The lowest BCUT2D eigenvalue weighted by Gasteiger charge is -2.22. The fourth-order valence-electron chi connectivity index (χ4n) is 1.79. The highest BCUT2D eigenvalue weighted by molar-refractivity contribution is 5.66. The van der Waals surface area contributed by atoms with Crippen LogP contribution in [-0.4, -0.2) is 7.05 Å². The van der Waals surface area contributed by atoms with E-state index in [0.717, 1.165) is 22.5 Å². The first-order valence-corrected chi connectivity index (χ1v) is 5.47. The van der Waals surface area contributed by atoms with Crippen LogP contribution in [0.1, 0.15) is 12.5 Å². The fourth-order valence-corrected chi connectivity index (χ4v) is 1.79.